The molecule has 1 atom stereocenters. The van der Waals surface area contributed by atoms with Crippen molar-refractivity contribution in [3.8, 4) is 0 Å². The first-order chi connectivity index (χ1) is 12.5. The molecule has 4 rings (SSSR count). The van der Waals surface area contributed by atoms with Crippen molar-refractivity contribution in [2.45, 2.75) is 25.4 Å². The number of carbonyl (C=O) groups excluding carboxylic acids is 2. The van der Waals surface area contributed by atoms with Crippen LogP contribution in [-0.2, 0) is 16.9 Å². The van der Waals surface area contributed by atoms with E-state index in [9.17, 15) is 9.59 Å². The zero-order valence-electron chi connectivity index (χ0n) is 14.1. The number of benzene rings is 1. The van der Waals surface area contributed by atoms with Crippen molar-refractivity contribution in [2.24, 2.45) is 0 Å². The van der Waals surface area contributed by atoms with Crippen LogP contribution >= 0.6 is 11.6 Å². The van der Waals surface area contributed by atoms with Gasteiger partial charge in [0.25, 0.3) is 5.91 Å². The van der Waals surface area contributed by atoms with E-state index in [4.69, 9.17) is 11.6 Å². The van der Waals surface area contributed by atoms with E-state index in [1.807, 2.05) is 19.1 Å². The molecule has 0 radical (unpaired) electrons. The summed E-state index contributed by atoms with van der Waals surface area (Å²) in [6.07, 6.45) is 3.89. The Kier molecular flexibility index (Phi) is 3.92. The lowest BCUT2D eigenvalue weighted by Gasteiger charge is -2.25. The molecule has 3 aromatic rings. The molecule has 0 saturated carbocycles. The number of nitrogens with one attached hydrogen (secondary N) is 2. The summed E-state index contributed by atoms with van der Waals surface area (Å²) in [5.41, 5.74) is 1.36. The molecule has 1 unspecified atom stereocenters. The SMILES string of the molecule is CCC1(c2ccc(Cl)cc2)NC(=O)N(Cc2cc3cnccc3[nH]2)C1=O. The zero-order chi connectivity index (χ0) is 18.3. The summed E-state index contributed by atoms with van der Waals surface area (Å²) >= 11 is 5.95. The second-order valence-corrected chi connectivity index (χ2v) is 6.78. The van der Waals surface area contributed by atoms with Gasteiger partial charge in [-0.2, -0.15) is 0 Å². The molecule has 2 aromatic heterocycles. The highest BCUT2D eigenvalue weighted by Gasteiger charge is 2.51. The van der Waals surface area contributed by atoms with Crippen molar-refractivity contribution < 1.29 is 9.59 Å². The zero-order valence-corrected chi connectivity index (χ0v) is 14.9. The monoisotopic (exact) mass is 368 g/mol. The van der Waals surface area contributed by atoms with Crippen molar-refractivity contribution >= 4 is 34.4 Å². The number of hydrogen-bond donors (Lipinski definition) is 2. The largest absolute Gasteiger partial charge is 0.357 e. The number of nitrogens with zero attached hydrogens (tertiary/aromatic N) is 2. The number of fused-ring (bicyclic) bond motifs is 1. The molecule has 132 valence electrons. The molecule has 3 heterocycles. The number of carbonyl (C=O) groups is 2. The van der Waals surface area contributed by atoms with E-state index in [0.717, 1.165) is 22.2 Å². The average Bonchev–Trinajstić information content (AvgIpc) is 3.16. The van der Waals surface area contributed by atoms with Gasteiger partial charge >= 0.3 is 6.03 Å². The molecule has 1 fully saturated rings. The van der Waals surface area contributed by atoms with E-state index in [1.54, 1.807) is 36.7 Å². The fourth-order valence-corrected chi connectivity index (χ4v) is 3.56. The number of rotatable bonds is 4. The summed E-state index contributed by atoms with van der Waals surface area (Å²) in [5.74, 6) is -0.260. The number of pyridine rings is 1. The van der Waals surface area contributed by atoms with Crippen LogP contribution in [-0.4, -0.2) is 26.8 Å². The minimum absolute atomic E-state index is 0.175. The Labute approximate surface area is 155 Å². The van der Waals surface area contributed by atoms with Gasteiger partial charge in [0.05, 0.1) is 6.54 Å². The summed E-state index contributed by atoms with van der Waals surface area (Å²) in [6, 6.07) is 10.4. The predicted octanol–water partition coefficient (Wildman–Crippen LogP) is 3.57. The van der Waals surface area contributed by atoms with Gasteiger partial charge in [0.2, 0.25) is 0 Å². The van der Waals surface area contributed by atoms with Crippen LogP contribution in [0.4, 0.5) is 4.79 Å². The van der Waals surface area contributed by atoms with Crippen LogP contribution in [0.3, 0.4) is 0 Å². The van der Waals surface area contributed by atoms with Gasteiger partial charge in [0.1, 0.15) is 5.54 Å². The third-order valence-corrected chi connectivity index (χ3v) is 5.10. The summed E-state index contributed by atoms with van der Waals surface area (Å²) in [7, 11) is 0. The second kappa shape index (κ2) is 6.14. The average molecular weight is 369 g/mol. The Morgan fingerprint density at radius 3 is 2.65 bits per heavy atom. The van der Waals surface area contributed by atoms with E-state index >= 15 is 0 Å². The van der Waals surface area contributed by atoms with Gasteiger partial charge < -0.3 is 10.3 Å². The normalized spacial score (nSPS) is 20.0. The Balaban J connectivity index is 1.66. The molecule has 1 aliphatic rings. The van der Waals surface area contributed by atoms with E-state index in [-0.39, 0.29) is 12.5 Å². The maximum Gasteiger partial charge on any atom is 0.325 e. The first kappa shape index (κ1) is 16.6. The Bertz CT molecular complexity index is 965. The van der Waals surface area contributed by atoms with Crippen LogP contribution < -0.4 is 5.32 Å². The number of hydrogen-bond acceptors (Lipinski definition) is 3. The molecule has 1 aliphatic heterocycles. The van der Waals surface area contributed by atoms with Crippen LogP contribution in [0.2, 0.25) is 5.02 Å². The molecule has 3 amide bonds. The van der Waals surface area contributed by atoms with E-state index in [2.05, 4.69) is 15.3 Å². The minimum Gasteiger partial charge on any atom is -0.357 e. The highest BCUT2D eigenvalue weighted by molar-refractivity contribution is 6.30. The number of urea groups is 1. The first-order valence-electron chi connectivity index (χ1n) is 8.35. The highest BCUT2D eigenvalue weighted by Crippen LogP contribution is 2.34. The van der Waals surface area contributed by atoms with Gasteiger partial charge in [-0.05, 0) is 36.2 Å². The van der Waals surface area contributed by atoms with Gasteiger partial charge in [-0.3, -0.25) is 14.7 Å². The number of aromatic amines is 1. The molecular formula is C19H17ClN4O2. The van der Waals surface area contributed by atoms with E-state index in [1.165, 1.54) is 4.90 Å². The van der Waals surface area contributed by atoms with Crippen LogP contribution in [0.1, 0.15) is 24.6 Å². The Morgan fingerprint density at radius 1 is 1.19 bits per heavy atom. The van der Waals surface area contributed by atoms with Gasteiger partial charge in [0, 0.05) is 34.0 Å². The third kappa shape index (κ3) is 2.54. The molecule has 1 saturated heterocycles. The smallest absolute Gasteiger partial charge is 0.325 e. The van der Waals surface area contributed by atoms with Crippen LogP contribution in [0.15, 0.2) is 48.8 Å². The van der Waals surface area contributed by atoms with Gasteiger partial charge in [-0.15, -0.1) is 0 Å². The summed E-state index contributed by atoms with van der Waals surface area (Å²) in [6.45, 7) is 2.06. The number of halogens is 1. The van der Waals surface area contributed by atoms with Crippen molar-refractivity contribution in [1.82, 2.24) is 20.2 Å². The summed E-state index contributed by atoms with van der Waals surface area (Å²) < 4.78 is 0. The van der Waals surface area contributed by atoms with Gasteiger partial charge in [-0.25, -0.2) is 4.79 Å². The molecule has 0 aliphatic carbocycles. The fraction of sp³-hybridized carbons (Fsp3) is 0.211. The molecule has 1 aromatic carbocycles. The molecule has 0 bridgehead atoms. The lowest BCUT2D eigenvalue weighted by Crippen LogP contribution is -2.43. The quantitative estimate of drug-likeness (QED) is 0.691. The van der Waals surface area contributed by atoms with E-state index < -0.39 is 11.6 Å². The third-order valence-electron chi connectivity index (χ3n) is 4.85. The van der Waals surface area contributed by atoms with Crippen molar-refractivity contribution in [1.29, 1.82) is 0 Å². The van der Waals surface area contributed by atoms with E-state index in [0.29, 0.717) is 11.4 Å². The minimum atomic E-state index is -1.06. The second-order valence-electron chi connectivity index (χ2n) is 6.34. The Hall–Kier alpha value is -2.86. The molecule has 2 N–H and O–H groups in total. The standard InChI is InChI=1S/C19H17ClN4O2/c1-2-19(13-3-5-14(20)6-4-13)17(25)24(18(26)23-19)11-15-9-12-10-21-8-7-16(12)22-15/h3-10,22H,2,11H2,1H3,(H,23,26). The lowest BCUT2D eigenvalue weighted by atomic mass is 9.87. The maximum atomic E-state index is 13.2. The number of aromatic nitrogens is 2. The predicted molar refractivity (Wildman–Crippen MR) is 98.6 cm³/mol. The van der Waals surface area contributed by atoms with Crippen molar-refractivity contribution in [3.05, 3.63) is 65.1 Å². The molecule has 0 spiro atoms. The highest BCUT2D eigenvalue weighted by atomic mass is 35.5. The van der Waals surface area contributed by atoms with Crippen LogP contribution in [0.5, 0.6) is 0 Å². The molecule has 7 heteroatoms. The van der Waals surface area contributed by atoms with Crippen LogP contribution in [0, 0.1) is 0 Å². The summed E-state index contributed by atoms with van der Waals surface area (Å²) in [5, 5.41) is 4.40. The molecule has 26 heavy (non-hydrogen) atoms. The first-order valence-corrected chi connectivity index (χ1v) is 8.73. The van der Waals surface area contributed by atoms with Crippen molar-refractivity contribution in [2.75, 3.05) is 0 Å². The number of H-pyrrole nitrogens is 1. The topological polar surface area (TPSA) is 78.1 Å². The molecular weight excluding hydrogens is 352 g/mol. The number of amides is 3. The fourth-order valence-electron chi connectivity index (χ4n) is 3.43. The lowest BCUT2D eigenvalue weighted by molar-refractivity contribution is -0.132. The molecule has 6 nitrogen and oxygen atoms in total. The van der Waals surface area contributed by atoms with Gasteiger partial charge in [-0.1, -0.05) is 30.7 Å². The van der Waals surface area contributed by atoms with Gasteiger partial charge in [0.15, 0.2) is 0 Å². The van der Waals surface area contributed by atoms with Crippen LogP contribution in [0.25, 0.3) is 10.9 Å². The van der Waals surface area contributed by atoms with Crippen molar-refractivity contribution in [3.63, 3.8) is 0 Å². The maximum absolute atomic E-state index is 13.2. The summed E-state index contributed by atoms with van der Waals surface area (Å²) in [4.78, 5) is 34.3. The Morgan fingerprint density at radius 2 is 1.96 bits per heavy atom. The number of imide groups is 1.